The number of nitrogens with zero attached hydrogens (tertiary/aromatic N) is 6. The third kappa shape index (κ3) is 12.8. The molecule has 0 aliphatic carbocycles. The number of fused-ring (bicyclic) bond motifs is 6. The van der Waals surface area contributed by atoms with Gasteiger partial charge in [0.1, 0.15) is 24.7 Å². The molecule has 2 fully saturated rings. The van der Waals surface area contributed by atoms with E-state index in [1.165, 1.54) is 16.7 Å². The SMILES string of the molecule is CO[C@@H](C)c1ncccc1-c1c2c3cc(ccc3n1CC(F)(F)F)-c1cccc(c1)C[C@H](NC(=O)[C@H](C(C)C)N1CCCN(C(=O)C#CC(C)(C)N(C)C)CCC1=O)C(=O)N1CCC[C@H](N1)C(=O)OCC(C)(C)C2. The summed E-state index contributed by atoms with van der Waals surface area (Å²) >= 11 is 0. The fourth-order valence-corrected chi connectivity index (χ4v) is 10.00. The fourth-order valence-electron chi connectivity index (χ4n) is 10.00. The maximum absolute atomic E-state index is 14.8. The molecule has 15 nitrogen and oxygen atoms in total. The summed E-state index contributed by atoms with van der Waals surface area (Å²) in [5, 5.41) is 4.97. The highest BCUT2D eigenvalue weighted by molar-refractivity contribution is 5.97. The average Bonchev–Trinajstić information content (AvgIpc) is 3.62. The molecule has 6 bridgehead atoms. The van der Waals surface area contributed by atoms with E-state index in [0.717, 1.165) is 5.56 Å². The molecule has 3 aliphatic rings. The standard InChI is InChI=1S/C56H71F3N8O7/c1-35(2)49(65-26-14-25-64(28-22-47(65)69)46(68)21-23-55(6,7)63(8)9)51(70)61-44-30-37-15-11-16-38(29-37)39-19-20-45-41(31-39)42(32-54(4,5)34-74-53(72)43-18-13-27-67(62-43)52(44)71)50(66(45)33-56(57,58)59)40-17-12-24-60-48(40)36(3)73-10/h11-12,15-17,19-20,24,29,31,35-36,43-44,49,62H,13-14,18,22,25-28,30,32-34H2,1-10H3,(H,61,70)/t36-,43-,44-,49-/m0/s1. The third-order valence-electron chi connectivity index (χ3n) is 14.5. The largest absolute Gasteiger partial charge is 0.464 e. The molecule has 2 aromatic heterocycles. The number of hydrazine groups is 1. The lowest BCUT2D eigenvalue weighted by Crippen LogP contribution is -2.62. The zero-order valence-corrected chi connectivity index (χ0v) is 44.3. The van der Waals surface area contributed by atoms with Crippen LogP contribution in [-0.2, 0) is 52.8 Å². The molecular formula is C56H71F3N8O7. The molecule has 74 heavy (non-hydrogen) atoms. The summed E-state index contributed by atoms with van der Waals surface area (Å²) in [4.78, 5) is 80.4. The number of ether oxygens (including phenoxy) is 2. The van der Waals surface area contributed by atoms with Gasteiger partial charge < -0.3 is 29.2 Å². The zero-order chi connectivity index (χ0) is 53.9. The van der Waals surface area contributed by atoms with E-state index in [1.807, 2.05) is 90.9 Å². The van der Waals surface area contributed by atoms with Crippen LogP contribution in [0.2, 0.25) is 0 Å². The summed E-state index contributed by atoms with van der Waals surface area (Å²) in [7, 11) is 5.28. The van der Waals surface area contributed by atoms with E-state index in [4.69, 9.17) is 9.47 Å². The van der Waals surface area contributed by atoms with E-state index in [2.05, 4.69) is 27.6 Å². The summed E-state index contributed by atoms with van der Waals surface area (Å²) < 4.78 is 57.2. The van der Waals surface area contributed by atoms with E-state index < -0.39 is 65.7 Å². The van der Waals surface area contributed by atoms with Crippen molar-refractivity contribution >= 4 is 40.5 Å². The van der Waals surface area contributed by atoms with E-state index in [-0.39, 0.29) is 63.2 Å². The molecule has 0 unspecified atom stereocenters. The molecule has 398 valence electrons. The van der Waals surface area contributed by atoms with Gasteiger partial charge in [0, 0.05) is 74.2 Å². The van der Waals surface area contributed by atoms with E-state index in [1.54, 1.807) is 47.2 Å². The minimum atomic E-state index is -4.60. The van der Waals surface area contributed by atoms with Crippen LogP contribution in [0.25, 0.3) is 33.3 Å². The summed E-state index contributed by atoms with van der Waals surface area (Å²) in [6.07, 6.45) is -2.16. The van der Waals surface area contributed by atoms with Gasteiger partial charge in [-0.3, -0.25) is 38.9 Å². The van der Waals surface area contributed by atoms with E-state index >= 15 is 0 Å². The summed E-state index contributed by atoms with van der Waals surface area (Å²) in [5.41, 5.74) is 6.11. The van der Waals surface area contributed by atoms with Gasteiger partial charge in [-0.05, 0) is 119 Å². The van der Waals surface area contributed by atoms with Gasteiger partial charge in [-0.2, -0.15) is 13.2 Å². The molecular weight excluding hydrogens is 954 g/mol. The number of halogens is 3. The lowest BCUT2D eigenvalue weighted by atomic mass is 9.84. The molecule has 2 aromatic carbocycles. The second kappa shape index (κ2) is 22.7. The van der Waals surface area contributed by atoms with Crippen molar-refractivity contribution in [3.8, 4) is 34.2 Å². The number of methoxy groups -OCH3 is 1. The Balaban J connectivity index is 1.27. The Kier molecular flexibility index (Phi) is 17.0. The van der Waals surface area contributed by atoms with Crippen LogP contribution in [-0.4, -0.2) is 143 Å². The molecule has 4 amide bonds. The average molecular weight is 1030 g/mol. The van der Waals surface area contributed by atoms with Crippen molar-refractivity contribution in [2.24, 2.45) is 11.3 Å². The van der Waals surface area contributed by atoms with Gasteiger partial charge >= 0.3 is 12.1 Å². The molecule has 5 heterocycles. The number of carbonyl (C=O) groups excluding carboxylic acids is 5. The molecule has 18 heteroatoms. The molecule has 4 aromatic rings. The van der Waals surface area contributed by atoms with Crippen LogP contribution in [0.1, 0.15) is 97.1 Å². The van der Waals surface area contributed by atoms with Gasteiger partial charge in [-0.1, -0.05) is 63.9 Å². The highest BCUT2D eigenvalue weighted by Gasteiger charge is 2.40. The third-order valence-corrected chi connectivity index (χ3v) is 14.5. The van der Waals surface area contributed by atoms with Crippen LogP contribution in [0, 0.1) is 23.2 Å². The predicted octanol–water partition coefficient (Wildman–Crippen LogP) is 7.11. The Labute approximate surface area is 432 Å². The number of benzene rings is 2. The first-order chi connectivity index (χ1) is 34.9. The van der Waals surface area contributed by atoms with Gasteiger partial charge in [0.25, 0.3) is 11.8 Å². The number of alkyl halides is 3. The molecule has 3 aliphatic heterocycles. The first kappa shape index (κ1) is 55.5. The molecule has 0 radical (unpaired) electrons. The van der Waals surface area contributed by atoms with Crippen LogP contribution in [0.3, 0.4) is 0 Å². The molecule has 4 atom stereocenters. The Hall–Kier alpha value is -6.29. The predicted molar refractivity (Wildman–Crippen MR) is 276 cm³/mol. The highest BCUT2D eigenvalue weighted by atomic mass is 19.4. The Bertz CT molecular complexity index is 2810. The van der Waals surface area contributed by atoms with Crippen molar-refractivity contribution in [1.82, 2.24) is 40.0 Å². The van der Waals surface area contributed by atoms with Gasteiger partial charge in [-0.25, -0.2) is 5.43 Å². The minimum Gasteiger partial charge on any atom is -0.464 e. The quantitative estimate of drug-likeness (QED) is 0.131. The fraction of sp³-hybridized carbons (Fsp3) is 0.536. The number of aromatic nitrogens is 2. The molecule has 0 spiro atoms. The van der Waals surface area contributed by atoms with Gasteiger partial charge in [0.05, 0.1) is 29.6 Å². The van der Waals surface area contributed by atoms with Crippen molar-refractivity contribution in [2.75, 3.05) is 54.0 Å². The van der Waals surface area contributed by atoms with Crippen molar-refractivity contribution in [3.05, 3.63) is 77.6 Å². The van der Waals surface area contributed by atoms with Gasteiger partial charge in [0.2, 0.25) is 11.8 Å². The molecule has 2 saturated heterocycles. The highest BCUT2D eigenvalue weighted by Crippen LogP contribution is 2.43. The van der Waals surface area contributed by atoms with Gasteiger partial charge in [0.15, 0.2) is 0 Å². The number of nitrogens with one attached hydrogen (secondary N) is 2. The monoisotopic (exact) mass is 1020 g/mol. The first-order valence-corrected chi connectivity index (χ1v) is 25.5. The van der Waals surface area contributed by atoms with Crippen molar-refractivity contribution in [1.29, 1.82) is 0 Å². The summed E-state index contributed by atoms with van der Waals surface area (Å²) in [5.74, 6) is 3.11. The topological polar surface area (TPSA) is 159 Å². The lowest BCUT2D eigenvalue weighted by molar-refractivity contribution is -0.155. The number of hydrogen-bond acceptors (Lipinski definition) is 10. The Morgan fingerprint density at radius 1 is 0.986 bits per heavy atom. The van der Waals surface area contributed by atoms with E-state index in [9.17, 15) is 37.1 Å². The van der Waals surface area contributed by atoms with Crippen LogP contribution >= 0.6 is 0 Å². The summed E-state index contributed by atoms with van der Waals surface area (Å²) in [6, 6.07) is 13.2. The molecule has 0 saturated carbocycles. The Morgan fingerprint density at radius 2 is 1.73 bits per heavy atom. The maximum atomic E-state index is 14.8. The normalized spacial score (nSPS) is 20.0. The molecule has 7 rings (SSSR count). The number of esters is 1. The lowest BCUT2D eigenvalue weighted by Gasteiger charge is -2.38. The number of amides is 4. The smallest absolute Gasteiger partial charge is 0.406 e. The summed E-state index contributed by atoms with van der Waals surface area (Å²) in [6.45, 7) is 12.6. The second-order valence-electron chi connectivity index (χ2n) is 21.7. The van der Waals surface area contributed by atoms with Crippen LogP contribution in [0.15, 0.2) is 60.8 Å². The number of carbonyl (C=O) groups is 5. The van der Waals surface area contributed by atoms with Crippen molar-refractivity contribution in [3.63, 3.8) is 0 Å². The van der Waals surface area contributed by atoms with Crippen molar-refractivity contribution < 1.29 is 46.6 Å². The number of cyclic esters (lactones) is 1. The van der Waals surface area contributed by atoms with Gasteiger partial charge in [-0.15, -0.1) is 0 Å². The van der Waals surface area contributed by atoms with Crippen LogP contribution in [0.4, 0.5) is 13.2 Å². The Morgan fingerprint density at radius 3 is 2.43 bits per heavy atom. The van der Waals surface area contributed by atoms with E-state index in [0.29, 0.717) is 70.4 Å². The maximum Gasteiger partial charge on any atom is 0.406 e. The zero-order valence-electron chi connectivity index (χ0n) is 44.3. The van der Waals surface area contributed by atoms with Crippen molar-refractivity contribution in [2.45, 2.75) is 129 Å². The molecule has 2 N–H and O–H groups in total. The van der Waals surface area contributed by atoms with Crippen LogP contribution < -0.4 is 10.7 Å². The number of pyridine rings is 1. The minimum absolute atomic E-state index is 0.0163. The first-order valence-electron chi connectivity index (χ1n) is 25.5. The second-order valence-corrected chi connectivity index (χ2v) is 21.7. The number of rotatable bonds is 9. The van der Waals surface area contributed by atoms with Crippen LogP contribution in [0.5, 0.6) is 0 Å². The number of hydrogen-bond donors (Lipinski definition) is 2.